The first kappa shape index (κ1) is 15.0. The van der Waals surface area contributed by atoms with Gasteiger partial charge in [-0.2, -0.15) is 0 Å². The molecule has 0 radical (unpaired) electrons. The molecule has 3 atom stereocenters. The molecule has 19 heavy (non-hydrogen) atoms. The van der Waals surface area contributed by atoms with Gasteiger partial charge in [0.2, 0.25) is 0 Å². The van der Waals surface area contributed by atoms with Crippen molar-refractivity contribution in [2.24, 2.45) is 11.7 Å². The Kier molecular flexibility index (Phi) is 5.01. The Hall–Kier alpha value is -0.420. The molecule has 2 rings (SSSR count). The van der Waals surface area contributed by atoms with Crippen molar-refractivity contribution in [3.63, 3.8) is 0 Å². The first-order valence-corrected chi connectivity index (χ1v) is 7.68. The van der Waals surface area contributed by atoms with Gasteiger partial charge in [0.25, 0.3) is 0 Å². The maximum absolute atomic E-state index is 6.03. The lowest BCUT2D eigenvalue weighted by Gasteiger charge is -2.28. The van der Waals surface area contributed by atoms with E-state index in [1.54, 1.807) is 0 Å². The first-order chi connectivity index (χ1) is 9.02. The van der Waals surface area contributed by atoms with Crippen molar-refractivity contribution >= 4 is 15.9 Å². The van der Waals surface area contributed by atoms with Gasteiger partial charge in [0.05, 0.1) is 0 Å². The standard InChI is InChI=1S/C15H24BrN3/c1-11-9-19(10-15(11)18(2)3)14(8-17)12-5-4-6-13(16)7-12/h4-7,11,14-15H,8-10,17H2,1-3H3. The highest BCUT2D eigenvalue weighted by atomic mass is 79.9. The lowest BCUT2D eigenvalue weighted by molar-refractivity contribution is 0.219. The third-order valence-electron chi connectivity index (χ3n) is 4.16. The fourth-order valence-corrected chi connectivity index (χ4v) is 3.54. The molecular weight excluding hydrogens is 302 g/mol. The maximum Gasteiger partial charge on any atom is 0.0471 e. The predicted octanol–water partition coefficient (Wildman–Crippen LogP) is 2.33. The highest BCUT2D eigenvalue weighted by Crippen LogP contribution is 2.29. The molecule has 1 aliphatic rings. The zero-order valence-corrected chi connectivity index (χ0v) is 13.6. The summed E-state index contributed by atoms with van der Waals surface area (Å²) < 4.78 is 1.12. The average molecular weight is 326 g/mol. The van der Waals surface area contributed by atoms with Gasteiger partial charge in [0.1, 0.15) is 0 Å². The van der Waals surface area contributed by atoms with Crippen LogP contribution in [-0.4, -0.2) is 49.6 Å². The smallest absolute Gasteiger partial charge is 0.0471 e. The maximum atomic E-state index is 6.03. The van der Waals surface area contributed by atoms with Gasteiger partial charge in [-0.25, -0.2) is 0 Å². The first-order valence-electron chi connectivity index (χ1n) is 6.89. The van der Waals surface area contributed by atoms with E-state index in [-0.39, 0.29) is 0 Å². The number of benzene rings is 1. The van der Waals surface area contributed by atoms with Crippen molar-refractivity contribution in [3.8, 4) is 0 Å². The van der Waals surface area contributed by atoms with Crippen LogP contribution in [0.25, 0.3) is 0 Å². The number of likely N-dealkylation sites (N-methyl/N-ethyl adjacent to an activating group) is 1. The molecule has 0 amide bonds. The second-order valence-corrected chi connectivity index (χ2v) is 6.68. The zero-order chi connectivity index (χ0) is 14.0. The summed E-state index contributed by atoms with van der Waals surface area (Å²) in [6.07, 6.45) is 0. The zero-order valence-electron chi connectivity index (χ0n) is 12.0. The van der Waals surface area contributed by atoms with Gasteiger partial charge in [-0.15, -0.1) is 0 Å². The third kappa shape index (κ3) is 3.37. The van der Waals surface area contributed by atoms with Crippen LogP contribution < -0.4 is 5.73 Å². The van der Waals surface area contributed by atoms with Crippen LogP contribution in [0.4, 0.5) is 0 Å². The molecule has 3 unspecified atom stereocenters. The molecule has 4 heteroatoms. The highest BCUT2D eigenvalue weighted by molar-refractivity contribution is 9.10. The number of hydrogen-bond donors (Lipinski definition) is 1. The minimum atomic E-state index is 0.324. The second-order valence-electron chi connectivity index (χ2n) is 5.77. The molecule has 1 aromatic carbocycles. The number of likely N-dealkylation sites (tertiary alicyclic amines) is 1. The predicted molar refractivity (Wildman–Crippen MR) is 84.1 cm³/mol. The van der Waals surface area contributed by atoms with Crippen LogP contribution in [0.1, 0.15) is 18.5 Å². The van der Waals surface area contributed by atoms with Gasteiger partial charge < -0.3 is 10.6 Å². The van der Waals surface area contributed by atoms with E-state index in [2.05, 4.69) is 71.0 Å². The average Bonchev–Trinajstić information content (AvgIpc) is 2.72. The van der Waals surface area contributed by atoms with E-state index >= 15 is 0 Å². The Labute approximate surface area is 124 Å². The Morgan fingerprint density at radius 1 is 1.42 bits per heavy atom. The van der Waals surface area contributed by atoms with Gasteiger partial charge in [0, 0.05) is 36.2 Å². The molecule has 3 nitrogen and oxygen atoms in total. The third-order valence-corrected chi connectivity index (χ3v) is 4.65. The Morgan fingerprint density at radius 3 is 2.68 bits per heavy atom. The second kappa shape index (κ2) is 6.35. The monoisotopic (exact) mass is 325 g/mol. The Bertz CT molecular complexity index is 422. The summed E-state index contributed by atoms with van der Waals surface area (Å²) in [5, 5.41) is 0. The highest BCUT2D eigenvalue weighted by Gasteiger charge is 2.34. The van der Waals surface area contributed by atoms with Crippen LogP contribution in [0.5, 0.6) is 0 Å². The molecule has 0 spiro atoms. The molecule has 1 fully saturated rings. The van der Waals surface area contributed by atoms with Gasteiger partial charge >= 0.3 is 0 Å². The molecule has 1 aliphatic heterocycles. The van der Waals surface area contributed by atoms with Crippen molar-refractivity contribution in [1.82, 2.24) is 9.80 Å². The van der Waals surface area contributed by atoms with Gasteiger partial charge in [-0.05, 0) is 37.7 Å². The van der Waals surface area contributed by atoms with Crippen LogP contribution in [0, 0.1) is 5.92 Å². The minimum absolute atomic E-state index is 0.324. The van der Waals surface area contributed by atoms with E-state index < -0.39 is 0 Å². The molecule has 106 valence electrons. The SMILES string of the molecule is CC1CN(C(CN)c2cccc(Br)c2)CC1N(C)C. The molecule has 0 aromatic heterocycles. The molecule has 0 saturated carbocycles. The summed E-state index contributed by atoms with van der Waals surface area (Å²) in [7, 11) is 4.34. The number of rotatable bonds is 4. The Morgan fingerprint density at radius 2 is 2.16 bits per heavy atom. The molecule has 0 bridgehead atoms. The van der Waals surface area contributed by atoms with Crippen molar-refractivity contribution in [3.05, 3.63) is 34.3 Å². The van der Waals surface area contributed by atoms with Crippen LogP contribution >= 0.6 is 15.9 Å². The fraction of sp³-hybridized carbons (Fsp3) is 0.600. The van der Waals surface area contributed by atoms with Crippen molar-refractivity contribution in [2.75, 3.05) is 33.7 Å². The van der Waals surface area contributed by atoms with Crippen LogP contribution in [0.15, 0.2) is 28.7 Å². The summed E-state index contributed by atoms with van der Waals surface area (Å²) >= 11 is 3.55. The normalized spacial score (nSPS) is 26.0. The summed E-state index contributed by atoms with van der Waals surface area (Å²) in [6, 6.07) is 9.46. The quantitative estimate of drug-likeness (QED) is 0.922. The fourth-order valence-electron chi connectivity index (χ4n) is 3.12. The van der Waals surface area contributed by atoms with E-state index in [9.17, 15) is 0 Å². The van der Waals surface area contributed by atoms with E-state index in [4.69, 9.17) is 5.73 Å². The van der Waals surface area contributed by atoms with E-state index in [0.717, 1.165) is 17.6 Å². The summed E-state index contributed by atoms with van der Waals surface area (Å²) in [5.41, 5.74) is 7.34. The van der Waals surface area contributed by atoms with E-state index in [1.807, 2.05) is 0 Å². The lowest BCUT2D eigenvalue weighted by atomic mass is 10.1. The van der Waals surface area contributed by atoms with Crippen molar-refractivity contribution in [1.29, 1.82) is 0 Å². The van der Waals surface area contributed by atoms with Gasteiger partial charge in [-0.1, -0.05) is 35.0 Å². The Balaban J connectivity index is 2.15. The van der Waals surface area contributed by atoms with Crippen LogP contribution in [-0.2, 0) is 0 Å². The molecule has 1 aromatic rings. The van der Waals surface area contributed by atoms with Gasteiger partial charge in [0.15, 0.2) is 0 Å². The minimum Gasteiger partial charge on any atom is -0.329 e. The number of hydrogen-bond acceptors (Lipinski definition) is 3. The summed E-state index contributed by atoms with van der Waals surface area (Å²) in [6.45, 7) is 5.22. The van der Waals surface area contributed by atoms with Crippen LogP contribution in [0.2, 0.25) is 0 Å². The number of nitrogens with zero attached hydrogens (tertiary/aromatic N) is 2. The number of nitrogens with two attached hydrogens (primary N) is 1. The number of halogens is 1. The molecular formula is C15H24BrN3. The molecule has 1 saturated heterocycles. The summed E-state index contributed by atoms with van der Waals surface area (Å²) in [4.78, 5) is 4.86. The molecule has 0 aliphatic carbocycles. The van der Waals surface area contributed by atoms with E-state index in [0.29, 0.717) is 24.5 Å². The van der Waals surface area contributed by atoms with Crippen molar-refractivity contribution < 1.29 is 0 Å². The molecule has 2 N–H and O–H groups in total. The largest absolute Gasteiger partial charge is 0.329 e. The molecule has 1 heterocycles. The van der Waals surface area contributed by atoms with E-state index in [1.165, 1.54) is 5.56 Å². The van der Waals surface area contributed by atoms with Gasteiger partial charge in [-0.3, -0.25) is 4.90 Å². The van der Waals surface area contributed by atoms with Crippen molar-refractivity contribution in [2.45, 2.75) is 19.0 Å². The summed E-state index contributed by atoms with van der Waals surface area (Å²) in [5.74, 6) is 0.691. The lowest BCUT2D eigenvalue weighted by Crippen LogP contribution is -2.36. The topological polar surface area (TPSA) is 32.5 Å². The van der Waals surface area contributed by atoms with Crippen LogP contribution in [0.3, 0.4) is 0 Å².